The van der Waals surface area contributed by atoms with Crippen LogP contribution in [0.15, 0.2) is 17.2 Å². The summed E-state index contributed by atoms with van der Waals surface area (Å²) >= 11 is 0. The molecule has 2 atom stereocenters. The maximum Gasteiger partial charge on any atom is 0.274 e. The Bertz CT molecular complexity index is 695. The maximum atomic E-state index is 12.0. The van der Waals surface area contributed by atoms with Gasteiger partial charge in [0.05, 0.1) is 5.69 Å². The molecule has 21 heavy (non-hydrogen) atoms. The SMILES string of the molecule is CN(Cc1cc(=O)n2[nH]cnc2n1)C1CC2CCC(C1)N2. The molecule has 2 aromatic heterocycles. The van der Waals surface area contributed by atoms with E-state index in [1.165, 1.54) is 36.5 Å². The van der Waals surface area contributed by atoms with Crippen LogP contribution in [0.3, 0.4) is 0 Å². The van der Waals surface area contributed by atoms with Gasteiger partial charge in [0.15, 0.2) is 0 Å². The van der Waals surface area contributed by atoms with Crippen LogP contribution in [0.25, 0.3) is 5.78 Å². The molecule has 7 nitrogen and oxygen atoms in total. The van der Waals surface area contributed by atoms with Gasteiger partial charge in [0, 0.05) is 30.7 Å². The molecular formula is C14H20N6O. The quantitative estimate of drug-likeness (QED) is 0.839. The molecule has 2 bridgehead atoms. The third-order valence-electron chi connectivity index (χ3n) is 4.80. The molecule has 112 valence electrons. The molecule has 2 aromatic rings. The zero-order chi connectivity index (χ0) is 14.4. The van der Waals surface area contributed by atoms with Crippen LogP contribution in [0.4, 0.5) is 0 Å². The molecule has 2 N–H and O–H groups in total. The average molecular weight is 288 g/mol. The maximum absolute atomic E-state index is 12.0. The smallest absolute Gasteiger partial charge is 0.274 e. The van der Waals surface area contributed by atoms with Crippen LogP contribution >= 0.6 is 0 Å². The zero-order valence-corrected chi connectivity index (χ0v) is 12.1. The first-order valence-electron chi connectivity index (χ1n) is 7.57. The summed E-state index contributed by atoms with van der Waals surface area (Å²) in [5.74, 6) is 0.441. The van der Waals surface area contributed by atoms with Crippen LogP contribution in [-0.4, -0.2) is 49.7 Å². The molecule has 2 aliphatic heterocycles. The Morgan fingerprint density at radius 3 is 2.90 bits per heavy atom. The Hall–Kier alpha value is -1.73. The molecule has 0 amide bonds. The third-order valence-corrected chi connectivity index (χ3v) is 4.80. The summed E-state index contributed by atoms with van der Waals surface area (Å²) < 4.78 is 1.36. The molecule has 2 fully saturated rings. The van der Waals surface area contributed by atoms with Gasteiger partial charge in [0.2, 0.25) is 0 Å². The van der Waals surface area contributed by atoms with E-state index in [0.29, 0.717) is 30.4 Å². The molecule has 2 unspecified atom stereocenters. The Labute approximate surface area is 122 Å². The molecular weight excluding hydrogens is 268 g/mol. The summed E-state index contributed by atoms with van der Waals surface area (Å²) in [6.07, 6.45) is 6.47. The summed E-state index contributed by atoms with van der Waals surface area (Å²) in [6, 6.07) is 3.51. The first-order valence-corrected chi connectivity index (χ1v) is 7.57. The number of piperidine rings is 1. The fraction of sp³-hybridized carbons (Fsp3) is 0.643. The molecule has 0 saturated carbocycles. The molecule has 0 radical (unpaired) electrons. The minimum atomic E-state index is -0.105. The number of hydrogen-bond donors (Lipinski definition) is 2. The van der Waals surface area contributed by atoms with Gasteiger partial charge in [-0.15, -0.1) is 0 Å². The highest BCUT2D eigenvalue weighted by Crippen LogP contribution is 2.29. The van der Waals surface area contributed by atoms with E-state index >= 15 is 0 Å². The van der Waals surface area contributed by atoms with Crippen LogP contribution in [0.5, 0.6) is 0 Å². The number of H-pyrrole nitrogens is 1. The minimum absolute atomic E-state index is 0.105. The van der Waals surface area contributed by atoms with Gasteiger partial charge in [-0.1, -0.05) is 0 Å². The molecule has 4 rings (SSSR count). The van der Waals surface area contributed by atoms with Crippen molar-refractivity contribution in [1.82, 2.24) is 29.8 Å². The van der Waals surface area contributed by atoms with Gasteiger partial charge in [-0.2, -0.15) is 4.52 Å². The van der Waals surface area contributed by atoms with Crippen molar-refractivity contribution in [2.24, 2.45) is 0 Å². The molecule has 7 heteroatoms. The monoisotopic (exact) mass is 288 g/mol. The third kappa shape index (κ3) is 2.36. The largest absolute Gasteiger partial charge is 0.311 e. The van der Waals surface area contributed by atoms with E-state index < -0.39 is 0 Å². The van der Waals surface area contributed by atoms with Crippen LogP contribution in [0.1, 0.15) is 31.4 Å². The summed E-state index contributed by atoms with van der Waals surface area (Å²) in [7, 11) is 2.13. The lowest BCUT2D eigenvalue weighted by atomic mass is 9.98. The normalized spacial score (nSPS) is 28.6. The highest BCUT2D eigenvalue weighted by atomic mass is 16.1. The van der Waals surface area contributed by atoms with E-state index in [1.54, 1.807) is 6.07 Å². The van der Waals surface area contributed by atoms with Crippen LogP contribution in [0, 0.1) is 0 Å². The van der Waals surface area contributed by atoms with Crippen molar-refractivity contribution in [3.8, 4) is 0 Å². The van der Waals surface area contributed by atoms with Crippen molar-refractivity contribution in [2.75, 3.05) is 7.05 Å². The lowest BCUT2D eigenvalue weighted by molar-refractivity contribution is 0.164. The lowest BCUT2D eigenvalue weighted by Crippen LogP contribution is -2.46. The summed E-state index contributed by atoms with van der Waals surface area (Å²) in [6.45, 7) is 0.697. The van der Waals surface area contributed by atoms with Crippen LogP contribution < -0.4 is 10.9 Å². The molecule has 2 saturated heterocycles. The van der Waals surface area contributed by atoms with Crippen molar-refractivity contribution >= 4 is 5.78 Å². The molecule has 4 heterocycles. The Kier molecular flexibility index (Phi) is 3.04. The fourth-order valence-corrected chi connectivity index (χ4v) is 3.72. The highest BCUT2D eigenvalue weighted by Gasteiger charge is 2.35. The van der Waals surface area contributed by atoms with E-state index in [9.17, 15) is 4.79 Å². The first-order chi connectivity index (χ1) is 10.2. The number of hydrogen-bond acceptors (Lipinski definition) is 5. The van der Waals surface area contributed by atoms with Gasteiger partial charge in [-0.05, 0) is 32.7 Å². The average Bonchev–Trinajstić information content (AvgIpc) is 3.05. The zero-order valence-electron chi connectivity index (χ0n) is 12.1. The van der Waals surface area contributed by atoms with Crippen molar-refractivity contribution in [3.05, 3.63) is 28.4 Å². The van der Waals surface area contributed by atoms with Gasteiger partial charge < -0.3 is 5.32 Å². The Morgan fingerprint density at radius 2 is 2.14 bits per heavy atom. The standard InChI is InChI=1S/C14H20N6O/c1-19(12-4-9-2-3-10(5-12)17-9)7-11-6-13(21)20-14(18-11)15-8-16-20/h6,8-10,12,17H,2-5,7H2,1H3,(H,15,16,18). The van der Waals surface area contributed by atoms with Gasteiger partial charge in [-0.3, -0.25) is 14.8 Å². The summed E-state index contributed by atoms with van der Waals surface area (Å²) in [5, 5.41) is 6.42. The van der Waals surface area contributed by atoms with E-state index in [2.05, 4.69) is 32.3 Å². The molecule has 0 aliphatic carbocycles. The van der Waals surface area contributed by atoms with Crippen molar-refractivity contribution in [2.45, 2.75) is 50.4 Å². The van der Waals surface area contributed by atoms with Crippen molar-refractivity contribution < 1.29 is 0 Å². The second-order valence-electron chi connectivity index (χ2n) is 6.29. The highest BCUT2D eigenvalue weighted by molar-refractivity contribution is 5.26. The number of nitrogens with one attached hydrogen (secondary N) is 2. The molecule has 0 aromatic carbocycles. The van der Waals surface area contributed by atoms with E-state index in [1.807, 2.05) is 0 Å². The minimum Gasteiger partial charge on any atom is -0.311 e. The van der Waals surface area contributed by atoms with E-state index in [4.69, 9.17) is 0 Å². The first kappa shape index (κ1) is 13.0. The number of rotatable bonds is 3. The predicted molar refractivity (Wildman–Crippen MR) is 78.0 cm³/mol. The number of fused-ring (bicyclic) bond motifs is 3. The molecule has 0 spiro atoms. The lowest BCUT2D eigenvalue weighted by Gasteiger charge is -2.35. The Morgan fingerprint density at radius 1 is 1.38 bits per heavy atom. The number of aromatic amines is 1. The van der Waals surface area contributed by atoms with Gasteiger partial charge in [0.1, 0.15) is 6.33 Å². The van der Waals surface area contributed by atoms with Gasteiger partial charge in [-0.25, -0.2) is 9.97 Å². The number of nitrogens with zero attached hydrogens (tertiary/aromatic N) is 4. The van der Waals surface area contributed by atoms with E-state index in [-0.39, 0.29) is 5.56 Å². The molecule has 2 aliphatic rings. The summed E-state index contributed by atoms with van der Waals surface area (Å²) in [4.78, 5) is 22.8. The van der Waals surface area contributed by atoms with Crippen LogP contribution in [0.2, 0.25) is 0 Å². The number of aromatic nitrogens is 4. The van der Waals surface area contributed by atoms with Crippen molar-refractivity contribution in [3.63, 3.8) is 0 Å². The van der Waals surface area contributed by atoms with Gasteiger partial charge in [0.25, 0.3) is 11.3 Å². The van der Waals surface area contributed by atoms with Gasteiger partial charge >= 0.3 is 0 Å². The second-order valence-corrected chi connectivity index (χ2v) is 6.29. The van der Waals surface area contributed by atoms with Crippen LogP contribution in [-0.2, 0) is 6.54 Å². The Balaban J connectivity index is 1.52. The second kappa shape index (κ2) is 4.92. The van der Waals surface area contributed by atoms with Crippen molar-refractivity contribution in [1.29, 1.82) is 0 Å². The van der Waals surface area contributed by atoms with E-state index in [0.717, 1.165) is 5.69 Å². The fourth-order valence-electron chi connectivity index (χ4n) is 3.72. The topological polar surface area (TPSA) is 78.3 Å². The predicted octanol–water partition coefficient (Wildman–Crippen LogP) is 0.132. The summed E-state index contributed by atoms with van der Waals surface area (Å²) in [5.41, 5.74) is 0.687.